The normalized spacial score (nSPS) is 10.6. The molecule has 0 aliphatic heterocycles. The molecular formula is C16H13FN2O2S. The van der Waals surface area contributed by atoms with Gasteiger partial charge >= 0.3 is 0 Å². The topological polar surface area (TPSA) is 55.1 Å². The van der Waals surface area contributed by atoms with Gasteiger partial charge in [0.25, 0.3) is 5.91 Å². The first-order chi connectivity index (χ1) is 10.6. The van der Waals surface area contributed by atoms with Gasteiger partial charge in [-0.25, -0.2) is 4.39 Å². The SMILES string of the molecule is Cc1onc(-c2ccc(F)cc2)c1C(=O)NCc1cccs1. The van der Waals surface area contributed by atoms with Gasteiger partial charge in [0.05, 0.1) is 6.54 Å². The average Bonchev–Trinajstić information content (AvgIpc) is 3.15. The summed E-state index contributed by atoms with van der Waals surface area (Å²) in [6, 6.07) is 9.68. The van der Waals surface area contributed by atoms with Crippen molar-refractivity contribution in [3.8, 4) is 11.3 Å². The molecule has 1 amide bonds. The molecule has 22 heavy (non-hydrogen) atoms. The van der Waals surface area contributed by atoms with E-state index in [9.17, 15) is 9.18 Å². The first kappa shape index (κ1) is 14.5. The van der Waals surface area contributed by atoms with E-state index >= 15 is 0 Å². The molecule has 4 nitrogen and oxygen atoms in total. The minimum Gasteiger partial charge on any atom is -0.360 e. The number of amides is 1. The second kappa shape index (κ2) is 6.11. The third-order valence-corrected chi connectivity index (χ3v) is 4.09. The van der Waals surface area contributed by atoms with E-state index in [0.717, 1.165) is 4.88 Å². The highest BCUT2D eigenvalue weighted by Crippen LogP contribution is 2.25. The van der Waals surface area contributed by atoms with Crippen LogP contribution < -0.4 is 5.32 Å². The number of aryl methyl sites for hydroxylation is 1. The molecule has 0 unspecified atom stereocenters. The Balaban J connectivity index is 1.85. The van der Waals surface area contributed by atoms with E-state index in [4.69, 9.17) is 4.52 Å². The number of rotatable bonds is 4. The molecule has 0 spiro atoms. The largest absolute Gasteiger partial charge is 0.360 e. The van der Waals surface area contributed by atoms with Crippen molar-refractivity contribution in [1.29, 1.82) is 0 Å². The average molecular weight is 316 g/mol. The van der Waals surface area contributed by atoms with Crippen molar-refractivity contribution >= 4 is 17.2 Å². The van der Waals surface area contributed by atoms with Crippen molar-refractivity contribution in [1.82, 2.24) is 10.5 Å². The highest BCUT2D eigenvalue weighted by molar-refractivity contribution is 7.09. The van der Waals surface area contributed by atoms with Crippen molar-refractivity contribution in [2.24, 2.45) is 0 Å². The number of thiophene rings is 1. The number of hydrogen-bond acceptors (Lipinski definition) is 4. The summed E-state index contributed by atoms with van der Waals surface area (Å²) >= 11 is 1.57. The molecule has 6 heteroatoms. The molecule has 0 saturated carbocycles. The molecule has 0 fully saturated rings. The minimum absolute atomic E-state index is 0.258. The van der Waals surface area contributed by atoms with Gasteiger partial charge in [0.2, 0.25) is 0 Å². The Morgan fingerprint density at radius 1 is 1.32 bits per heavy atom. The van der Waals surface area contributed by atoms with E-state index in [2.05, 4.69) is 10.5 Å². The number of nitrogens with zero attached hydrogens (tertiary/aromatic N) is 1. The van der Waals surface area contributed by atoms with Crippen LogP contribution >= 0.6 is 11.3 Å². The van der Waals surface area contributed by atoms with Gasteiger partial charge in [-0.15, -0.1) is 11.3 Å². The Morgan fingerprint density at radius 3 is 2.77 bits per heavy atom. The van der Waals surface area contributed by atoms with E-state index in [1.807, 2.05) is 17.5 Å². The molecule has 0 atom stereocenters. The van der Waals surface area contributed by atoms with E-state index < -0.39 is 0 Å². The summed E-state index contributed by atoms with van der Waals surface area (Å²) < 4.78 is 18.2. The molecule has 112 valence electrons. The summed E-state index contributed by atoms with van der Waals surface area (Å²) in [5, 5.41) is 8.73. The van der Waals surface area contributed by atoms with Gasteiger partial charge in [-0.2, -0.15) is 0 Å². The van der Waals surface area contributed by atoms with E-state index in [1.54, 1.807) is 30.4 Å². The predicted octanol–water partition coefficient (Wildman–Crippen LogP) is 3.78. The van der Waals surface area contributed by atoms with Crippen molar-refractivity contribution < 1.29 is 13.7 Å². The van der Waals surface area contributed by atoms with Crippen LogP contribution in [0.1, 0.15) is 21.0 Å². The lowest BCUT2D eigenvalue weighted by Gasteiger charge is -2.04. The molecule has 0 saturated heterocycles. The smallest absolute Gasteiger partial charge is 0.257 e. The van der Waals surface area contributed by atoms with Gasteiger partial charge in [-0.1, -0.05) is 11.2 Å². The summed E-state index contributed by atoms with van der Waals surface area (Å²) in [5.41, 5.74) is 1.43. The fraction of sp³-hybridized carbons (Fsp3) is 0.125. The van der Waals surface area contributed by atoms with Crippen molar-refractivity contribution in [2.45, 2.75) is 13.5 Å². The van der Waals surface area contributed by atoms with Crippen molar-refractivity contribution in [3.63, 3.8) is 0 Å². The maximum Gasteiger partial charge on any atom is 0.257 e. The number of nitrogens with one attached hydrogen (secondary N) is 1. The van der Waals surface area contributed by atoms with Crippen LogP contribution in [0.15, 0.2) is 46.3 Å². The molecule has 0 aliphatic rings. The number of carbonyl (C=O) groups excluding carboxylic acids is 1. The Labute approximate surface area is 130 Å². The molecule has 3 rings (SSSR count). The molecule has 0 bridgehead atoms. The van der Waals surface area contributed by atoms with Crippen LogP contribution in [0.3, 0.4) is 0 Å². The highest BCUT2D eigenvalue weighted by atomic mass is 32.1. The first-order valence-corrected chi connectivity index (χ1v) is 7.56. The zero-order valence-electron chi connectivity index (χ0n) is 11.8. The van der Waals surface area contributed by atoms with Crippen LogP contribution in [0, 0.1) is 12.7 Å². The quantitative estimate of drug-likeness (QED) is 0.797. The maximum atomic E-state index is 13.0. The number of benzene rings is 1. The van der Waals surface area contributed by atoms with Gasteiger partial charge in [0.1, 0.15) is 22.8 Å². The van der Waals surface area contributed by atoms with Crippen LogP contribution in [-0.4, -0.2) is 11.1 Å². The third-order valence-electron chi connectivity index (χ3n) is 3.21. The van der Waals surface area contributed by atoms with Crippen LogP contribution in [0.2, 0.25) is 0 Å². The Kier molecular flexibility index (Phi) is 4.02. The molecule has 1 N–H and O–H groups in total. The monoisotopic (exact) mass is 316 g/mol. The number of carbonyl (C=O) groups is 1. The summed E-state index contributed by atoms with van der Waals surface area (Å²) in [4.78, 5) is 13.5. The molecule has 0 aliphatic carbocycles. The first-order valence-electron chi connectivity index (χ1n) is 6.68. The summed E-state index contributed by atoms with van der Waals surface area (Å²) in [6.45, 7) is 2.13. The number of hydrogen-bond donors (Lipinski definition) is 1. The van der Waals surface area contributed by atoms with E-state index in [0.29, 0.717) is 29.1 Å². The Morgan fingerprint density at radius 2 is 2.09 bits per heavy atom. The predicted molar refractivity (Wildman–Crippen MR) is 82.1 cm³/mol. The summed E-state index contributed by atoms with van der Waals surface area (Å²) in [5.74, 6) is -0.165. The molecule has 2 aromatic heterocycles. The second-order valence-corrected chi connectivity index (χ2v) is 5.76. The van der Waals surface area contributed by atoms with Gasteiger partial charge in [-0.3, -0.25) is 4.79 Å². The lowest BCUT2D eigenvalue weighted by molar-refractivity contribution is 0.0950. The zero-order valence-corrected chi connectivity index (χ0v) is 12.6. The standard InChI is InChI=1S/C16H13FN2O2S/c1-10-14(16(20)18-9-13-3-2-8-22-13)15(19-21-10)11-4-6-12(17)7-5-11/h2-8H,9H2,1H3,(H,18,20). The lowest BCUT2D eigenvalue weighted by atomic mass is 10.1. The summed E-state index contributed by atoms with van der Waals surface area (Å²) in [6.07, 6.45) is 0. The lowest BCUT2D eigenvalue weighted by Crippen LogP contribution is -2.23. The number of aromatic nitrogens is 1. The van der Waals surface area contributed by atoms with Crippen LogP contribution in [-0.2, 0) is 6.54 Å². The number of halogens is 1. The third kappa shape index (κ3) is 2.92. The van der Waals surface area contributed by atoms with E-state index in [-0.39, 0.29) is 11.7 Å². The Bertz CT molecular complexity index is 779. The molecule has 1 aromatic carbocycles. The van der Waals surface area contributed by atoms with Gasteiger partial charge < -0.3 is 9.84 Å². The van der Waals surface area contributed by atoms with E-state index in [1.165, 1.54) is 12.1 Å². The molecule has 2 heterocycles. The van der Waals surface area contributed by atoms with Crippen molar-refractivity contribution in [3.05, 3.63) is 63.8 Å². The van der Waals surface area contributed by atoms with Crippen LogP contribution in [0.25, 0.3) is 11.3 Å². The van der Waals surface area contributed by atoms with Gasteiger partial charge in [-0.05, 0) is 42.6 Å². The minimum atomic E-state index is -0.340. The highest BCUT2D eigenvalue weighted by Gasteiger charge is 2.21. The molecular weight excluding hydrogens is 303 g/mol. The van der Waals surface area contributed by atoms with Crippen LogP contribution in [0.4, 0.5) is 4.39 Å². The zero-order chi connectivity index (χ0) is 15.5. The fourth-order valence-corrected chi connectivity index (χ4v) is 2.76. The Hall–Kier alpha value is -2.47. The second-order valence-electron chi connectivity index (χ2n) is 4.73. The van der Waals surface area contributed by atoms with Gasteiger partial charge in [0, 0.05) is 10.4 Å². The maximum absolute atomic E-state index is 13.0. The summed E-state index contributed by atoms with van der Waals surface area (Å²) in [7, 11) is 0. The molecule has 0 radical (unpaired) electrons. The molecule has 3 aromatic rings. The van der Waals surface area contributed by atoms with Gasteiger partial charge in [0.15, 0.2) is 0 Å². The van der Waals surface area contributed by atoms with Crippen molar-refractivity contribution in [2.75, 3.05) is 0 Å². The van der Waals surface area contributed by atoms with Crippen LogP contribution in [0.5, 0.6) is 0 Å². The fourth-order valence-electron chi connectivity index (χ4n) is 2.11.